The van der Waals surface area contributed by atoms with Crippen LogP contribution in [0.3, 0.4) is 0 Å². The molecule has 1 N–H and O–H groups in total. The Labute approximate surface area is 220 Å². The van der Waals surface area contributed by atoms with Gasteiger partial charge in [-0.2, -0.15) is 0 Å². The summed E-state index contributed by atoms with van der Waals surface area (Å²) in [6.45, 7) is 10.6. The second-order valence-electron chi connectivity index (χ2n) is 10.1. The van der Waals surface area contributed by atoms with Crippen molar-refractivity contribution in [3.8, 4) is 11.5 Å². The van der Waals surface area contributed by atoms with Gasteiger partial charge in [0, 0.05) is 62.5 Å². The van der Waals surface area contributed by atoms with Crippen LogP contribution < -0.4 is 14.8 Å². The molecule has 2 aromatic carbocycles. The number of urea groups is 1. The van der Waals surface area contributed by atoms with Crippen LogP contribution in [0.15, 0.2) is 54.6 Å². The number of benzene rings is 2. The molecule has 37 heavy (non-hydrogen) atoms. The van der Waals surface area contributed by atoms with Crippen molar-refractivity contribution in [1.82, 2.24) is 20.0 Å². The van der Waals surface area contributed by atoms with E-state index in [0.29, 0.717) is 37.5 Å². The number of piperazine rings is 1. The summed E-state index contributed by atoms with van der Waals surface area (Å²) in [7, 11) is 3.26. The zero-order valence-corrected chi connectivity index (χ0v) is 22.7. The largest absolute Gasteiger partial charge is 0.497 e. The first-order chi connectivity index (χ1) is 17.7. The normalized spacial score (nSPS) is 14.5. The first-order valence-corrected chi connectivity index (χ1v) is 12.7. The van der Waals surface area contributed by atoms with Gasteiger partial charge in [0.15, 0.2) is 0 Å². The monoisotopic (exact) mass is 508 g/mol. The molecule has 0 bridgehead atoms. The van der Waals surface area contributed by atoms with Crippen LogP contribution in [0.5, 0.6) is 11.5 Å². The molecule has 8 nitrogen and oxygen atoms in total. The van der Waals surface area contributed by atoms with E-state index in [9.17, 15) is 9.59 Å². The first kappa shape index (κ1) is 28.1. The number of nitrogens with zero attached hydrogens (tertiary/aromatic N) is 3. The molecule has 3 amide bonds. The van der Waals surface area contributed by atoms with Gasteiger partial charge in [0.2, 0.25) is 0 Å². The van der Waals surface area contributed by atoms with E-state index in [1.54, 1.807) is 38.5 Å². The highest BCUT2D eigenvalue weighted by Crippen LogP contribution is 2.19. The topological polar surface area (TPSA) is 74.3 Å². The smallest absolute Gasteiger partial charge is 0.317 e. The predicted octanol–water partition coefficient (Wildman–Crippen LogP) is 3.99. The molecule has 8 heteroatoms. The summed E-state index contributed by atoms with van der Waals surface area (Å²) < 4.78 is 10.7. The molecule has 3 rings (SSSR count). The van der Waals surface area contributed by atoms with E-state index in [-0.39, 0.29) is 17.5 Å². The highest BCUT2D eigenvalue weighted by atomic mass is 16.5. The number of hydrogen-bond acceptors (Lipinski definition) is 5. The molecule has 0 unspecified atom stereocenters. The third-order valence-corrected chi connectivity index (χ3v) is 6.21. The van der Waals surface area contributed by atoms with Gasteiger partial charge in [-0.3, -0.25) is 9.69 Å². The van der Waals surface area contributed by atoms with E-state index in [1.165, 1.54) is 0 Å². The predicted molar refractivity (Wildman–Crippen MR) is 147 cm³/mol. The van der Waals surface area contributed by atoms with Gasteiger partial charge in [-0.25, -0.2) is 4.79 Å². The highest BCUT2D eigenvalue weighted by Gasteiger charge is 2.24. The number of rotatable bonds is 9. The minimum Gasteiger partial charge on any atom is -0.497 e. The van der Waals surface area contributed by atoms with Crippen molar-refractivity contribution in [3.05, 3.63) is 65.7 Å². The van der Waals surface area contributed by atoms with E-state index >= 15 is 0 Å². The van der Waals surface area contributed by atoms with Crippen molar-refractivity contribution in [1.29, 1.82) is 0 Å². The third-order valence-electron chi connectivity index (χ3n) is 6.21. The summed E-state index contributed by atoms with van der Waals surface area (Å²) in [5.74, 6) is 1.48. The number of carbonyl (C=O) groups is 2. The molecule has 0 aromatic heterocycles. The summed E-state index contributed by atoms with van der Waals surface area (Å²) in [5.41, 5.74) is 1.33. The van der Waals surface area contributed by atoms with Gasteiger partial charge in [-0.1, -0.05) is 30.4 Å². The molecule has 0 saturated carbocycles. The number of nitrogens with one attached hydrogen (secondary N) is 1. The first-order valence-electron chi connectivity index (χ1n) is 12.7. The molecule has 1 saturated heterocycles. The maximum atomic E-state index is 13.4. The average Bonchev–Trinajstić information content (AvgIpc) is 2.89. The summed E-state index contributed by atoms with van der Waals surface area (Å²) >= 11 is 0. The Hall–Kier alpha value is -3.52. The Balaban J connectivity index is 1.63. The number of carbonyl (C=O) groups excluding carboxylic acids is 2. The SMILES string of the molecule is COc1ccc(C(=O)N(C/C=C/c2ccccc2OC)CCN2CCN(C(=O)NC(C)(C)C)CC2)cc1. The molecule has 0 spiro atoms. The van der Waals surface area contributed by atoms with Gasteiger partial charge in [0.05, 0.1) is 14.2 Å². The van der Waals surface area contributed by atoms with Crippen LogP contribution >= 0.6 is 0 Å². The van der Waals surface area contributed by atoms with E-state index in [1.807, 2.05) is 67.0 Å². The Kier molecular flexibility index (Phi) is 9.97. The van der Waals surface area contributed by atoms with Crippen molar-refractivity contribution < 1.29 is 19.1 Å². The van der Waals surface area contributed by atoms with Crippen LogP contribution in [0.25, 0.3) is 6.08 Å². The Morgan fingerprint density at radius 2 is 1.65 bits per heavy atom. The number of amides is 3. The Bertz CT molecular complexity index is 1050. The van der Waals surface area contributed by atoms with Crippen LogP contribution in [0.4, 0.5) is 4.79 Å². The molecule has 0 radical (unpaired) electrons. The van der Waals surface area contributed by atoms with Gasteiger partial charge in [-0.05, 0) is 51.1 Å². The zero-order valence-electron chi connectivity index (χ0n) is 22.7. The van der Waals surface area contributed by atoms with Crippen LogP contribution in [-0.4, -0.2) is 92.2 Å². The molecule has 1 heterocycles. The summed E-state index contributed by atoms with van der Waals surface area (Å²) in [6.07, 6.45) is 3.98. The second kappa shape index (κ2) is 13.1. The number of ether oxygens (including phenoxy) is 2. The fourth-order valence-corrected chi connectivity index (χ4v) is 4.14. The van der Waals surface area contributed by atoms with Gasteiger partial charge >= 0.3 is 6.03 Å². The molecular formula is C29H40N4O4. The molecule has 1 fully saturated rings. The fraction of sp³-hybridized carbons (Fsp3) is 0.448. The third kappa shape index (κ3) is 8.53. The number of hydrogen-bond donors (Lipinski definition) is 1. The minimum atomic E-state index is -0.256. The lowest BCUT2D eigenvalue weighted by molar-refractivity contribution is 0.0737. The highest BCUT2D eigenvalue weighted by molar-refractivity contribution is 5.94. The van der Waals surface area contributed by atoms with Crippen molar-refractivity contribution in [2.24, 2.45) is 0 Å². The molecule has 200 valence electrons. The maximum absolute atomic E-state index is 13.4. The van der Waals surface area contributed by atoms with Crippen LogP contribution in [0.2, 0.25) is 0 Å². The lowest BCUT2D eigenvalue weighted by Gasteiger charge is -2.37. The zero-order chi connectivity index (χ0) is 26.8. The summed E-state index contributed by atoms with van der Waals surface area (Å²) in [6, 6.07) is 15.0. The van der Waals surface area contributed by atoms with E-state index < -0.39 is 0 Å². The van der Waals surface area contributed by atoms with Crippen LogP contribution in [0, 0.1) is 0 Å². The van der Waals surface area contributed by atoms with Crippen molar-refractivity contribution in [2.45, 2.75) is 26.3 Å². The summed E-state index contributed by atoms with van der Waals surface area (Å²) in [5, 5.41) is 3.03. The molecule has 1 aliphatic heterocycles. The average molecular weight is 509 g/mol. The van der Waals surface area contributed by atoms with Crippen LogP contribution in [-0.2, 0) is 0 Å². The Morgan fingerprint density at radius 3 is 2.27 bits per heavy atom. The van der Waals surface area contributed by atoms with Crippen molar-refractivity contribution in [3.63, 3.8) is 0 Å². The maximum Gasteiger partial charge on any atom is 0.317 e. The molecule has 2 aromatic rings. The van der Waals surface area contributed by atoms with E-state index in [0.717, 1.165) is 30.9 Å². The van der Waals surface area contributed by atoms with Gasteiger partial charge in [-0.15, -0.1) is 0 Å². The minimum absolute atomic E-state index is 0.0232. The number of methoxy groups -OCH3 is 2. The molecular weight excluding hydrogens is 468 g/mol. The van der Waals surface area contributed by atoms with Gasteiger partial charge < -0.3 is 24.6 Å². The molecule has 1 aliphatic rings. The van der Waals surface area contributed by atoms with Gasteiger partial charge in [0.25, 0.3) is 5.91 Å². The van der Waals surface area contributed by atoms with Crippen molar-refractivity contribution >= 4 is 18.0 Å². The van der Waals surface area contributed by atoms with Gasteiger partial charge in [0.1, 0.15) is 11.5 Å². The van der Waals surface area contributed by atoms with E-state index in [2.05, 4.69) is 10.2 Å². The standard InChI is InChI=1S/C29H40N4O4/c1-29(2,3)30-28(35)33-21-18-31(19-22-33)17-20-32(27(34)24-12-14-25(36-4)15-13-24)16-8-10-23-9-6-7-11-26(23)37-5/h6-15H,16-22H2,1-5H3,(H,30,35)/b10-8+. The lowest BCUT2D eigenvalue weighted by atomic mass is 10.1. The quantitative estimate of drug-likeness (QED) is 0.555. The number of para-hydroxylation sites is 1. The lowest BCUT2D eigenvalue weighted by Crippen LogP contribution is -2.55. The van der Waals surface area contributed by atoms with Crippen molar-refractivity contribution in [2.75, 3.05) is 60.0 Å². The second-order valence-corrected chi connectivity index (χ2v) is 10.1. The van der Waals surface area contributed by atoms with Crippen LogP contribution in [0.1, 0.15) is 36.7 Å². The Morgan fingerprint density at radius 1 is 0.973 bits per heavy atom. The molecule has 0 aliphatic carbocycles. The van der Waals surface area contributed by atoms with E-state index in [4.69, 9.17) is 9.47 Å². The molecule has 0 atom stereocenters. The summed E-state index contributed by atoms with van der Waals surface area (Å²) in [4.78, 5) is 31.9. The fourth-order valence-electron chi connectivity index (χ4n) is 4.14.